The quantitative estimate of drug-likeness (QED) is 0.807. The Balaban J connectivity index is 0.00000220. The van der Waals surface area contributed by atoms with E-state index < -0.39 is 10.2 Å². The number of rotatable bonds is 2. The third kappa shape index (κ3) is 3.89. The summed E-state index contributed by atoms with van der Waals surface area (Å²) < 4.78 is 34.4. The Labute approximate surface area is 134 Å². The van der Waals surface area contributed by atoms with Crippen LogP contribution < -0.4 is 5.73 Å². The van der Waals surface area contributed by atoms with Crippen molar-refractivity contribution in [2.24, 2.45) is 11.1 Å². The Morgan fingerprint density at radius 3 is 2.48 bits per heavy atom. The summed E-state index contributed by atoms with van der Waals surface area (Å²) >= 11 is 0. The smallest absolute Gasteiger partial charge is 0.282 e. The van der Waals surface area contributed by atoms with E-state index in [1.54, 1.807) is 8.61 Å². The summed E-state index contributed by atoms with van der Waals surface area (Å²) in [7, 11) is -3.43. The van der Waals surface area contributed by atoms with Gasteiger partial charge in [-0.15, -0.1) is 12.4 Å². The van der Waals surface area contributed by atoms with Crippen molar-refractivity contribution in [1.29, 1.82) is 0 Å². The van der Waals surface area contributed by atoms with E-state index in [-0.39, 0.29) is 36.0 Å². The highest BCUT2D eigenvalue weighted by molar-refractivity contribution is 7.86. The fourth-order valence-corrected chi connectivity index (χ4v) is 4.91. The molecule has 0 spiro atoms. The third-order valence-corrected chi connectivity index (χ3v) is 6.52. The first kappa shape index (κ1) is 19.1. The van der Waals surface area contributed by atoms with Gasteiger partial charge in [0.15, 0.2) is 0 Å². The van der Waals surface area contributed by atoms with Gasteiger partial charge >= 0.3 is 0 Å². The number of nitrogens with zero attached hydrogens (tertiary/aromatic N) is 2. The van der Waals surface area contributed by atoms with Crippen LogP contribution in [0.4, 0.5) is 0 Å². The molecule has 2 saturated heterocycles. The van der Waals surface area contributed by atoms with Gasteiger partial charge in [-0.3, -0.25) is 0 Å². The van der Waals surface area contributed by atoms with E-state index in [1.165, 1.54) is 0 Å². The number of hydrogen-bond acceptors (Lipinski definition) is 4. The van der Waals surface area contributed by atoms with E-state index in [0.29, 0.717) is 32.7 Å². The zero-order chi connectivity index (χ0) is 15.1. The molecule has 0 aromatic rings. The van der Waals surface area contributed by atoms with Crippen LogP contribution in [-0.4, -0.2) is 61.5 Å². The second-order valence-electron chi connectivity index (χ2n) is 6.79. The molecule has 0 aromatic carbocycles. The van der Waals surface area contributed by atoms with Crippen molar-refractivity contribution in [3.8, 4) is 0 Å². The zero-order valence-electron chi connectivity index (χ0n) is 13.3. The first-order valence-electron chi connectivity index (χ1n) is 7.28. The molecule has 0 bridgehead atoms. The summed E-state index contributed by atoms with van der Waals surface area (Å²) in [5, 5.41) is 0. The lowest BCUT2D eigenvalue weighted by atomic mass is 9.81. The highest BCUT2D eigenvalue weighted by atomic mass is 35.5. The predicted molar refractivity (Wildman–Crippen MR) is 85.7 cm³/mol. The molecule has 2 heterocycles. The summed E-state index contributed by atoms with van der Waals surface area (Å²) in [4.78, 5) is 0. The lowest BCUT2D eigenvalue weighted by Crippen LogP contribution is -2.60. The minimum Gasteiger partial charge on any atom is -0.375 e. The molecule has 21 heavy (non-hydrogen) atoms. The van der Waals surface area contributed by atoms with Crippen molar-refractivity contribution >= 4 is 22.6 Å². The molecular formula is C13H28ClN3O3S. The van der Waals surface area contributed by atoms with Gasteiger partial charge in [0.2, 0.25) is 0 Å². The van der Waals surface area contributed by atoms with Crippen LogP contribution in [0.5, 0.6) is 0 Å². The zero-order valence-corrected chi connectivity index (χ0v) is 14.9. The summed E-state index contributed by atoms with van der Waals surface area (Å²) in [6.45, 7) is 9.73. The summed E-state index contributed by atoms with van der Waals surface area (Å²) in [6, 6.07) is -0.0649. The standard InChI is InChI=1S/C13H27N3O3S.ClH/c1-10-8-19-11(2)7-16(10)20(17,18)15-6-5-12(14)13(3,4)9-15;/h10-12H,5-9,14H2,1-4H3;1H. The third-order valence-electron chi connectivity index (χ3n) is 4.45. The molecule has 2 fully saturated rings. The van der Waals surface area contributed by atoms with E-state index >= 15 is 0 Å². The molecule has 3 atom stereocenters. The molecule has 8 heteroatoms. The lowest BCUT2D eigenvalue weighted by molar-refractivity contribution is -0.0201. The minimum absolute atomic E-state index is 0. The number of ether oxygens (including phenoxy) is 1. The summed E-state index contributed by atoms with van der Waals surface area (Å²) in [6.07, 6.45) is 0.654. The molecule has 0 radical (unpaired) electrons. The number of nitrogens with two attached hydrogens (primary N) is 1. The normalized spacial score (nSPS) is 35.2. The average molecular weight is 342 g/mol. The molecule has 2 aliphatic rings. The van der Waals surface area contributed by atoms with Crippen LogP contribution in [-0.2, 0) is 14.9 Å². The Morgan fingerprint density at radius 2 is 1.90 bits per heavy atom. The van der Waals surface area contributed by atoms with Gasteiger partial charge in [-0.1, -0.05) is 13.8 Å². The fourth-order valence-electron chi connectivity index (χ4n) is 2.86. The molecule has 0 amide bonds. The Morgan fingerprint density at radius 1 is 1.29 bits per heavy atom. The molecule has 0 aliphatic carbocycles. The highest BCUT2D eigenvalue weighted by Crippen LogP contribution is 2.31. The fraction of sp³-hybridized carbons (Fsp3) is 1.00. The molecule has 2 rings (SSSR count). The Kier molecular flexibility index (Phi) is 6.08. The van der Waals surface area contributed by atoms with Crippen molar-refractivity contribution < 1.29 is 13.2 Å². The van der Waals surface area contributed by atoms with E-state index in [1.807, 2.05) is 27.7 Å². The summed E-state index contributed by atoms with van der Waals surface area (Å²) in [5.41, 5.74) is 5.90. The maximum Gasteiger partial charge on any atom is 0.282 e. The molecule has 0 saturated carbocycles. The average Bonchev–Trinajstić information content (AvgIpc) is 2.35. The molecule has 6 nitrogen and oxygen atoms in total. The number of morpholine rings is 1. The van der Waals surface area contributed by atoms with E-state index in [4.69, 9.17) is 10.5 Å². The van der Waals surface area contributed by atoms with Crippen LogP contribution in [0, 0.1) is 5.41 Å². The SMILES string of the molecule is CC1CN(S(=O)(=O)N2CCC(N)C(C)(C)C2)C(C)CO1.Cl. The first-order chi connectivity index (χ1) is 9.14. The molecule has 126 valence electrons. The first-order valence-corrected chi connectivity index (χ1v) is 8.68. The maximum absolute atomic E-state index is 12.8. The number of halogens is 1. The Hall–Kier alpha value is 0.0800. The monoisotopic (exact) mass is 341 g/mol. The number of hydrogen-bond donors (Lipinski definition) is 1. The summed E-state index contributed by atoms with van der Waals surface area (Å²) in [5.74, 6) is 0. The van der Waals surface area contributed by atoms with E-state index in [0.717, 1.165) is 0 Å². The van der Waals surface area contributed by atoms with E-state index in [2.05, 4.69) is 0 Å². The van der Waals surface area contributed by atoms with Crippen LogP contribution in [0.1, 0.15) is 34.1 Å². The van der Waals surface area contributed by atoms with Gasteiger partial charge < -0.3 is 10.5 Å². The highest BCUT2D eigenvalue weighted by Gasteiger charge is 2.43. The van der Waals surface area contributed by atoms with Crippen molar-refractivity contribution in [1.82, 2.24) is 8.61 Å². The van der Waals surface area contributed by atoms with Gasteiger partial charge in [0.1, 0.15) is 0 Å². The van der Waals surface area contributed by atoms with Crippen molar-refractivity contribution in [2.45, 2.75) is 52.3 Å². The van der Waals surface area contributed by atoms with Gasteiger partial charge in [-0.05, 0) is 25.7 Å². The number of piperidine rings is 1. The second kappa shape index (κ2) is 6.68. The predicted octanol–water partition coefficient (Wildman–Crippen LogP) is 0.821. The second-order valence-corrected chi connectivity index (χ2v) is 8.67. The van der Waals surface area contributed by atoms with Crippen LogP contribution in [0.3, 0.4) is 0 Å². The molecule has 2 N–H and O–H groups in total. The van der Waals surface area contributed by atoms with Crippen LogP contribution in [0.2, 0.25) is 0 Å². The minimum atomic E-state index is -3.43. The largest absolute Gasteiger partial charge is 0.375 e. The van der Waals surface area contributed by atoms with Crippen molar-refractivity contribution in [3.63, 3.8) is 0 Å². The molecule has 2 aliphatic heterocycles. The topological polar surface area (TPSA) is 75.9 Å². The lowest BCUT2D eigenvalue weighted by Gasteiger charge is -2.45. The van der Waals surface area contributed by atoms with Gasteiger partial charge in [-0.25, -0.2) is 0 Å². The van der Waals surface area contributed by atoms with Crippen molar-refractivity contribution in [2.75, 3.05) is 26.2 Å². The maximum atomic E-state index is 12.8. The molecular weight excluding hydrogens is 314 g/mol. The van der Waals surface area contributed by atoms with Crippen molar-refractivity contribution in [3.05, 3.63) is 0 Å². The Bertz CT molecular complexity index is 458. The van der Waals surface area contributed by atoms with Crippen LogP contribution in [0.15, 0.2) is 0 Å². The molecule has 3 unspecified atom stereocenters. The van der Waals surface area contributed by atoms with Crippen LogP contribution in [0.25, 0.3) is 0 Å². The van der Waals surface area contributed by atoms with Gasteiger partial charge in [0.25, 0.3) is 10.2 Å². The molecule has 0 aromatic heterocycles. The van der Waals surface area contributed by atoms with Gasteiger partial charge in [0.05, 0.1) is 12.7 Å². The van der Waals surface area contributed by atoms with Gasteiger partial charge in [0, 0.05) is 31.7 Å². The van der Waals surface area contributed by atoms with E-state index in [9.17, 15) is 8.42 Å². The van der Waals surface area contributed by atoms with Gasteiger partial charge in [-0.2, -0.15) is 17.0 Å². The van der Waals surface area contributed by atoms with Crippen LogP contribution >= 0.6 is 12.4 Å².